The highest BCUT2D eigenvalue weighted by atomic mass is 16.4. The number of carboxylic acid groups (broad SMARTS) is 1. The molecule has 1 fully saturated rings. The molecule has 0 amide bonds. The minimum Gasteiger partial charge on any atom is -0.478 e. The lowest BCUT2D eigenvalue weighted by Crippen LogP contribution is -2.34. The molecular weight excluding hydrogens is 362 g/mol. The Balaban J connectivity index is 1.54. The maximum Gasteiger partial charge on any atom is 0.336 e. The monoisotopic (exact) mass is 387 g/mol. The van der Waals surface area contributed by atoms with Crippen LogP contribution in [0.2, 0.25) is 0 Å². The maximum absolute atomic E-state index is 11.5. The zero-order valence-corrected chi connectivity index (χ0v) is 16.6. The number of aryl methyl sites for hydroxylation is 1. The highest BCUT2D eigenvalue weighted by molar-refractivity contribution is 5.95. The van der Waals surface area contributed by atoms with Crippen molar-refractivity contribution >= 4 is 5.97 Å². The molecule has 1 atom stereocenters. The van der Waals surface area contributed by atoms with Crippen molar-refractivity contribution in [3.05, 3.63) is 83.4 Å². The smallest absolute Gasteiger partial charge is 0.336 e. The first kappa shape index (κ1) is 19.3. The number of likely N-dealkylation sites (tertiary alicyclic amines) is 1. The van der Waals surface area contributed by atoms with Crippen LogP contribution in [0.4, 0.5) is 0 Å². The average molecular weight is 387 g/mol. The van der Waals surface area contributed by atoms with Crippen molar-refractivity contribution in [3.63, 3.8) is 0 Å². The minimum absolute atomic E-state index is 0.246. The van der Waals surface area contributed by atoms with Gasteiger partial charge in [-0.15, -0.1) is 0 Å². The van der Waals surface area contributed by atoms with Crippen LogP contribution in [0.1, 0.15) is 52.7 Å². The summed E-state index contributed by atoms with van der Waals surface area (Å²) in [6.07, 6.45) is 5.31. The van der Waals surface area contributed by atoms with Crippen LogP contribution >= 0.6 is 0 Å². The summed E-state index contributed by atoms with van der Waals surface area (Å²) in [5.74, 6) is 0.00990. The molecule has 29 heavy (non-hydrogen) atoms. The summed E-state index contributed by atoms with van der Waals surface area (Å²) in [7, 11) is 0. The van der Waals surface area contributed by atoms with Crippen LogP contribution in [0.5, 0.6) is 0 Å². The third kappa shape index (κ3) is 4.35. The van der Waals surface area contributed by atoms with Gasteiger partial charge in [0.25, 0.3) is 0 Å². The van der Waals surface area contributed by atoms with E-state index in [0.29, 0.717) is 5.56 Å². The number of piperidine rings is 1. The van der Waals surface area contributed by atoms with E-state index in [1.54, 1.807) is 12.1 Å². The molecule has 3 aromatic rings. The third-order valence-electron chi connectivity index (χ3n) is 5.53. The largest absolute Gasteiger partial charge is 0.478 e. The number of aromatic nitrogens is 2. The molecule has 0 aliphatic carbocycles. The molecule has 1 N–H and O–H groups in total. The number of carbonyl (C=O) groups is 1. The van der Waals surface area contributed by atoms with Crippen LogP contribution in [0.25, 0.3) is 11.1 Å². The summed E-state index contributed by atoms with van der Waals surface area (Å²) in [5, 5.41) is 9.44. The normalized spacial score (nSPS) is 17.2. The fourth-order valence-electron chi connectivity index (χ4n) is 4.05. The third-order valence-corrected chi connectivity index (χ3v) is 5.53. The van der Waals surface area contributed by atoms with Gasteiger partial charge in [-0.3, -0.25) is 4.90 Å². The van der Waals surface area contributed by atoms with Gasteiger partial charge >= 0.3 is 5.97 Å². The molecule has 2 heterocycles. The van der Waals surface area contributed by atoms with Crippen LogP contribution < -0.4 is 0 Å². The van der Waals surface area contributed by atoms with Gasteiger partial charge in [-0.2, -0.15) is 0 Å². The van der Waals surface area contributed by atoms with Crippen LogP contribution in [0.3, 0.4) is 0 Å². The highest BCUT2D eigenvalue weighted by Gasteiger charge is 2.26. The van der Waals surface area contributed by atoms with E-state index in [0.717, 1.165) is 42.2 Å². The number of aromatic carboxylic acids is 1. The predicted molar refractivity (Wildman–Crippen MR) is 113 cm³/mol. The Bertz CT molecular complexity index is 1000. The molecular formula is C24H25N3O2. The van der Waals surface area contributed by atoms with E-state index in [-0.39, 0.29) is 6.04 Å². The summed E-state index contributed by atoms with van der Waals surface area (Å²) >= 11 is 0. The minimum atomic E-state index is -0.904. The molecule has 0 radical (unpaired) electrons. The zero-order chi connectivity index (χ0) is 20.2. The van der Waals surface area contributed by atoms with Crippen molar-refractivity contribution in [3.8, 4) is 11.1 Å². The fourth-order valence-corrected chi connectivity index (χ4v) is 4.05. The predicted octanol–water partition coefficient (Wildman–Crippen LogP) is 4.88. The zero-order valence-electron chi connectivity index (χ0n) is 16.6. The molecule has 0 saturated carbocycles. The van der Waals surface area contributed by atoms with Gasteiger partial charge in [0.2, 0.25) is 0 Å². The Morgan fingerprint density at radius 1 is 1.10 bits per heavy atom. The fraction of sp³-hybridized carbons (Fsp3) is 0.292. The van der Waals surface area contributed by atoms with Crippen LogP contribution in [0, 0.1) is 6.92 Å². The lowest BCUT2D eigenvalue weighted by Gasteiger charge is -2.34. The second kappa shape index (κ2) is 8.53. The molecule has 4 rings (SSSR count). The number of nitrogens with zero attached hydrogens (tertiary/aromatic N) is 3. The van der Waals surface area contributed by atoms with Crippen LogP contribution in [0.15, 0.2) is 60.8 Å². The van der Waals surface area contributed by atoms with Gasteiger partial charge in [0, 0.05) is 18.4 Å². The Hall–Kier alpha value is -3.05. The lowest BCUT2D eigenvalue weighted by atomic mass is 9.97. The Morgan fingerprint density at radius 2 is 1.90 bits per heavy atom. The van der Waals surface area contributed by atoms with Crippen molar-refractivity contribution in [1.82, 2.24) is 14.9 Å². The molecule has 0 bridgehead atoms. The molecule has 1 aliphatic heterocycles. The summed E-state index contributed by atoms with van der Waals surface area (Å²) in [6, 6.07) is 17.5. The Labute approximate surface area is 171 Å². The van der Waals surface area contributed by atoms with E-state index in [9.17, 15) is 9.90 Å². The number of hydrogen-bond donors (Lipinski definition) is 1. The van der Waals surface area contributed by atoms with Gasteiger partial charge < -0.3 is 5.11 Å². The highest BCUT2D eigenvalue weighted by Crippen LogP contribution is 2.31. The number of benzene rings is 2. The molecule has 1 aromatic heterocycles. The van der Waals surface area contributed by atoms with Crippen molar-refractivity contribution in [2.24, 2.45) is 0 Å². The van der Waals surface area contributed by atoms with Gasteiger partial charge in [0.1, 0.15) is 5.82 Å². The quantitative estimate of drug-likeness (QED) is 0.676. The topological polar surface area (TPSA) is 66.3 Å². The van der Waals surface area contributed by atoms with Gasteiger partial charge in [-0.1, -0.05) is 48.9 Å². The SMILES string of the molecule is Cc1ccnc(C2CCCCN2Cc2ccc(-c3ccccc3C(=O)O)cc2)n1. The van der Waals surface area contributed by atoms with E-state index in [2.05, 4.69) is 27.0 Å². The first-order valence-corrected chi connectivity index (χ1v) is 10.1. The van der Waals surface area contributed by atoms with Crippen molar-refractivity contribution in [2.45, 2.75) is 38.8 Å². The first-order valence-electron chi connectivity index (χ1n) is 10.1. The summed E-state index contributed by atoms with van der Waals surface area (Å²) in [6.45, 7) is 3.88. The second-order valence-corrected chi connectivity index (χ2v) is 7.59. The van der Waals surface area contributed by atoms with Gasteiger partial charge in [-0.25, -0.2) is 14.8 Å². The van der Waals surface area contributed by atoms with E-state index >= 15 is 0 Å². The van der Waals surface area contributed by atoms with Gasteiger partial charge in [0.15, 0.2) is 0 Å². The van der Waals surface area contributed by atoms with E-state index in [1.165, 1.54) is 18.4 Å². The molecule has 1 aliphatic rings. The maximum atomic E-state index is 11.5. The average Bonchev–Trinajstić information content (AvgIpc) is 2.75. The standard InChI is InChI=1S/C24H25N3O2/c1-17-13-14-25-23(26-17)22-8-4-5-15-27(22)16-18-9-11-19(12-10-18)20-6-2-3-7-21(20)24(28)29/h2-3,6-7,9-14,22H,4-5,8,15-16H2,1H3,(H,28,29). The van der Waals surface area contributed by atoms with Crippen molar-refractivity contribution in [2.75, 3.05) is 6.54 Å². The molecule has 0 spiro atoms. The number of rotatable bonds is 5. The van der Waals surface area contributed by atoms with E-state index in [1.807, 2.05) is 43.5 Å². The summed E-state index contributed by atoms with van der Waals surface area (Å²) < 4.78 is 0. The Kier molecular flexibility index (Phi) is 5.67. The first-order chi connectivity index (χ1) is 14.1. The van der Waals surface area contributed by atoms with Crippen LogP contribution in [-0.4, -0.2) is 32.5 Å². The summed E-state index contributed by atoms with van der Waals surface area (Å²) in [5.41, 5.74) is 4.20. The second-order valence-electron chi connectivity index (χ2n) is 7.59. The molecule has 148 valence electrons. The molecule has 1 saturated heterocycles. The van der Waals surface area contributed by atoms with Crippen molar-refractivity contribution in [1.29, 1.82) is 0 Å². The molecule has 5 heteroatoms. The van der Waals surface area contributed by atoms with Gasteiger partial charge in [0.05, 0.1) is 11.6 Å². The number of carboxylic acids is 1. The molecule has 1 unspecified atom stereocenters. The van der Waals surface area contributed by atoms with Gasteiger partial charge in [-0.05, 0) is 55.1 Å². The van der Waals surface area contributed by atoms with Crippen molar-refractivity contribution < 1.29 is 9.90 Å². The molecule has 2 aromatic carbocycles. The van der Waals surface area contributed by atoms with E-state index in [4.69, 9.17) is 0 Å². The Morgan fingerprint density at radius 3 is 2.66 bits per heavy atom. The lowest BCUT2D eigenvalue weighted by molar-refractivity contribution is 0.0697. The number of hydrogen-bond acceptors (Lipinski definition) is 4. The van der Waals surface area contributed by atoms with Crippen LogP contribution in [-0.2, 0) is 6.54 Å². The van der Waals surface area contributed by atoms with E-state index < -0.39 is 5.97 Å². The molecule has 5 nitrogen and oxygen atoms in total. The summed E-state index contributed by atoms with van der Waals surface area (Å²) in [4.78, 5) is 23.1.